The highest BCUT2D eigenvalue weighted by molar-refractivity contribution is 5.91. The Bertz CT molecular complexity index is 1000. The zero-order chi connectivity index (χ0) is 20.2. The first-order chi connectivity index (χ1) is 14.1. The maximum absolute atomic E-state index is 12.5. The van der Waals surface area contributed by atoms with Crippen LogP contribution in [0.4, 0.5) is 10.5 Å². The van der Waals surface area contributed by atoms with Crippen LogP contribution in [0.3, 0.4) is 0 Å². The van der Waals surface area contributed by atoms with E-state index in [1.807, 2.05) is 67.1 Å². The molecule has 2 amide bonds. The summed E-state index contributed by atoms with van der Waals surface area (Å²) in [5.74, 6) is 1.21. The van der Waals surface area contributed by atoms with Gasteiger partial charge in [0, 0.05) is 18.2 Å². The maximum Gasteiger partial charge on any atom is 0.319 e. The number of rotatable bonds is 5. The molecule has 2 heterocycles. The van der Waals surface area contributed by atoms with Crippen LogP contribution in [-0.4, -0.2) is 35.1 Å². The Morgan fingerprint density at radius 1 is 1.14 bits per heavy atom. The van der Waals surface area contributed by atoms with Gasteiger partial charge in [-0.1, -0.05) is 24.3 Å². The molecule has 3 aromatic rings. The van der Waals surface area contributed by atoms with E-state index in [4.69, 9.17) is 9.47 Å². The molecule has 0 bridgehead atoms. The van der Waals surface area contributed by atoms with Gasteiger partial charge in [0.15, 0.2) is 11.5 Å². The van der Waals surface area contributed by atoms with E-state index in [0.29, 0.717) is 36.8 Å². The quantitative estimate of drug-likeness (QED) is 0.694. The van der Waals surface area contributed by atoms with Gasteiger partial charge in [0.05, 0.1) is 17.1 Å². The van der Waals surface area contributed by atoms with E-state index in [1.54, 1.807) is 6.07 Å². The summed E-state index contributed by atoms with van der Waals surface area (Å²) in [6, 6.07) is 17.1. The van der Waals surface area contributed by atoms with E-state index in [1.165, 1.54) is 0 Å². The fourth-order valence-electron chi connectivity index (χ4n) is 3.41. The minimum absolute atomic E-state index is 0.0923. The monoisotopic (exact) mass is 392 g/mol. The molecule has 1 aromatic heterocycles. The van der Waals surface area contributed by atoms with Crippen molar-refractivity contribution >= 4 is 11.7 Å². The molecule has 1 aliphatic heterocycles. The number of benzene rings is 2. The molecule has 0 saturated heterocycles. The van der Waals surface area contributed by atoms with Crippen molar-refractivity contribution in [3.05, 3.63) is 66.0 Å². The largest absolute Gasteiger partial charge is 0.486 e. The number of hydrogen-bond donors (Lipinski definition) is 2. The van der Waals surface area contributed by atoms with Crippen molar-refractivity contribution in [2.24, 2.45) is 0 Å². The molecule has 7 heteroatoms. The van der Waals surface area contributed by atoms with Crippen molar-refractivity contribution in [2.75, 3.05) is 18.5 Å². The van der Waals surface area contributed by atoms with Crippen LogP contribution in [0.1, 0.15) is 18.3 Å². The number of urea groups is 1. The predicted octanol–water partition coefficient (Wildman–Crippen LogP) is 3.70. The standard InChI is InChI=1S/C22H24N4O3/c1-15(13-18-14-16(2)25-26(18)17-7-4-3-5-8-17)23-22(27)24-19-9-6-10-20-21(19)29-12-11-28-20/h3-10,14-15H,11-13H2,1-2H3,(H2,23,24,27). The van der Waals surface area contributed by atoms with Crippen molar-refractivity contribution in [1.29, 1.82) is 0 Å². The molecule has 2 N–H and O–H groups in total. The zero-order valence-electron chi connectivity index (χ0n) is 16.5. The smallest absolute Gasteiger partial charge is 0.319 e. The molecule has 7 nitrogen and oxygen atoms in total. The summed E-state index contributed by atoms with van der Waals surface area (Å²) in [5.41, 5.74) is 3.57. The summed E-state index contributed by atoms with van der Waals surface area (Å²) in [4.78, 5) is 12.5. The number of amides is 2. The molecular formula is C22H24N4O3. The number of anilines is 1. The lowest BCUT2D eigenvalue weighted by molar-refractivity contribution is 0.172. The summed E-state index contributed by atoms with van der Waals surface area (Å²) in [7, 11) is 0. The molecule has 0 radical (unpaired) electrons. The number of nitrogens with one attached hydrogen (secondary N) is 2. The van der Waals surface area contributed by atoms with Gasteiger partial charge in [0.25, 0.3) is 0 Å². The fraction of sp³-hybridized carbons (Fsp3) is 0.273. The highest BCUT2D eigenvalue weighted by atomic mass is 16.6. The van der Waals surface area contributed by atoms with Gasteiger partial charge in [0.1, 0.15) is 13.2 Å². The Labute approximate surface area is 169 Å². The molecule has 1 atom stereocenters. The molecule has 0 fully saturated rings. The number of para-hydroxylation sites is 2. The lowest BCUT2D eigenvalue weighted by Crippen LogP contribution is -2.37. The van der Waals surface area contributed by atoms with Crippen molar-refractivity contribution in [1.82, 2.24) is 15.1 Å². The second-order valence-electron chi connectivity index (χ2n) is 7.06. The van der Waals surface area contributed by atoms with Gasteiger partial charge in [0.2, 0.25) is 0 Å². The number of carbonyl (C=O) groups excluding carboxylic acids is 1. The van der Waals surface area contributed by atoms with Crippen LogP contribution in [-0.2, 0) is 6.42 Å². The lowest BCUT2D eigenvalue weighted by Gasteiger charge is -2.21. The van der Waals surface area contributed by atoms with Gasteiger partial charge in [-0.3, -0.25) is 0 Å². The molecule has 0 saturated carbocycles. The first kappa shape index (κ1) is 18.9. The molecule has 4 rings (SSSR count). The van der Waals surface area contributed by atoms with E-state index in [9.17, 15) is 4.79 Å². The summed E-state index contributed by atoms with van der Waals surface area (Å²) < 4.78 is 13.1. The van der Waals surface area contributed by atoms with Crippen LogP contribution in [0.15, 0.2) is 54.6 Å². The van der Waals surface area contributed by atoms with Crippen LogP contribution >= 0.6 is 0 Å². The van der Waals surface area contributed by atoms with E-state index in [-0.39, 0.29) is 12.1 Å². The topological polar surface area (TPSA) is 77.4 Å². The van der Waals surface area contributed by atoms with Crippen LogP contribution in [0, 0.1) is 6.92 Å². The van der Waals surface area contributed by atoms with Gasteiger partial charge in [-0.2, -0.15) is 5.10 Å². The SMILES string of the molecule is Cc1cc(CC(C)NC(=O)Nc2cccc3c2OCCO3)n(-c2ccccc2)n1. The Kier molecular flexibility index (Phi) is 5.37. The third kappa shape index (κ3) is 4.34. The molecule has 0 aliphatic carbocycles. The Balaban J connectivity index is 1.42. The zero-order valence-corrected chi connectivity index (χ0v) is 16.5. The number of fused-ring (bicyclic) bond motifs is 1. The Hall–Kier alpha value is -3.48. The molecule has 1 aliphatic rings. The molecule has 0 spiro atoms. The van der Waals surface area contributed by atoms with Gasteiger partial charge >= 0.3 is 6.03 Å². The highest BCUT2D eigenvalue weighted by Crippen LogP contribution is 2.37. The van der Waals surface area contributed by atoms with Gasteiger partial charge in [-0.15, -0.1) is 0 Å². The van der Waals surface area contributed by atoms with Crippen LogP contribution < -0.4 is 20.1 Å². The van der Waals surface area contributed by atoms with Gasteiger partial charge in [-0.25, -0.2) is 9.48 Å². The summed E-state index contributed by atoms with van der Waals surface area (Å²) in [6.45, 7) is 4.91. The first-order valence-electron chi connectivity index (χ1n) is 9.67. The minimum Gasteiger partial charge on any atom is -0.486 e. The molecule has 29 heavy (non-hydrogen) atoms. The van der Waals surface area contributed by atoms with E-state index in [2.05, 4.69) is 15.7 Å². The predicted molar refractivity (Wildman–Crippen MR) is 111 cm³/mol. The lowest BCUT2D eigenvalue weighted by atomic mass is 10.1. The Morgan fingerprint density at radius 3 is 2.76 bits per heavy atom. The molecule has 1 unspecified atom stereocenters. The van der Waals surface area contributed by atoms with Crippen molar-refractivity contribution in [3.8, 4) is 17.2 Å². The summed E-state index contributed by atoms with van der Waals surface area (Å²) in [6.07, 6.45) is 0.648. The first-order valence-corrected chi connectivity index (χ1v) is 9.67. The number of hydrogen-bond acceptors (Lipinski definition) is 4. The average Bonchev–Trinajstić information content (AvgIpc) is 3.08. The van der Waals surface area contributed by atoms with E-state index in [0.717, 1.165) is 17.1 Å². The minimum atomic E-state index is -0.289. The number of ether oxygens (including phenoxy) is 2. The number of carbonyl (C=O) groups is 1. The highest BCUT2D eigenvalue weighted by Gasteiger charge is 2.18. The van der Waals surface area contributed by atoms with Crippen LogP contribution in [0.5, 0.6) is 11.5 Å². The van der Waals surface area contributed by atoms with Gasteiger partial charge < -0.3 is 20.1 Å². The number of nitrogens with zero attached hydrogens (tertiary/aromatic N) is 2. The van der Waals surface area contributed by atoms with Crippen LogP contribution in [0.25, 0.3) is 5.69 Å². The van der Waals surface area contributed by atoms with Crippen molar-refractivity contribution in [3.63, 3.8) is 0 Å². The second-order valence-corrected chi connectivity index (χ2v) is 7.06. The second kappa shape index (κ2) is 8.26. The molecule has 2 aromatic carbocycles. The van der Waals surface area contributed by atoms with Crippen molar-refractivity contribution < 1.29 is 14.3 Å². The fourth-order valence-corrected chi connectivity index (χ4v) is 3.41. The summed E-state index contributed by atoms with van der Waals surface area (Å²) in [5, 5.41) is 10.4. The number of aryl methyl sites for hydroxylation is 1. The van der Waals surface area contributed by atoms with E-state index >= 15 is 0 Å². The van der Waals surface area contributed by atoms with Gasteiger partial charge in [-0.05, 0) is 44.2 Å². The van der Waals surface area contributed by atoms with Crippen LogP contribution in [0.2, 0.25) is 0 Å². The Morgan fingerprint density at radius 2 is 1.93 bits per heavy atom. The molecule has 150 valence electrons. The average molecular weight is 392 g/mol. The summed E-state index contributed by atoms with van der Waals surface area (Å²) >= 11 is 0. The molecular weight excluding hydrogens is 368 g/mol. The third-order valence-corrected chi connectivity index (χ3v) is 4.61. The number of aromatic nitrogens is 2. The normalized spacial score (nSPS) is 13.6. The van der Waals surface area contributed by atoms with E-state index < -0.39 is 0 Å². The maximum atomic E-state index is 12.5. The third-order valence-electron chi connectivity index (χ3n) is 4.61. The van der Waals surface area contributed by atoms with Crippen molar-refractivity contribution in [2.45, 2.75) is 26.3 Å².